The van der Waals surface area contributed by atoms with E-state index in [4.69, 9.17) is 11.6 Å². The van der Waals surface area contributed by atoms with Gasteiger partial charge >= 0.3 is 0 Å². The molecule has 1 saturated heterocycles. The highest BCUT2D eigenvalue weighted by Gasteiger charge is 2.32. The zero-order chi connectivity index (χ0) is 18.3. The van der Waals surface area contributed by atoms with Crippen molar-refractivity contribution >= 4 is 27.9 Å². The van der Waals surface area contributed by atoms with E-state index in [1.165, 1.54) is 17.8 Å². The van der Waals surface area contributed by atoms with Gasteiger partial charge in [-0.25, -0.2) is 4.98 Å². The average molecular weight is 391 g/mol. The molecule has 26 heavy (non-hydrogen) atoms. The minimum Gasteiger partial charge on any atom is -0.492 e. The van der Waals surface area contributed by atoms with Gasteiger partial charge in [-0.1, -0.05) is 55.0 Å². The largest absolute Gasteiger partial charge is 0.492 e. The summed E-state index contributed by atoms with van der Waals surface area (Å²) >= 11 is 8.06. The van der Waals surface area contributed by atoms with Crippen LogP contribution < -0.4 is 0 Å². The Bertz CT molecular complexity index is 922. The van der Waals surface area contributed by atoms with E-state index in [2.05, 4.69) is 28.0 Å². The van der Waals surface area contributed by atoms with Gasteiger partial charge in [0.15, 0.2) is 5.82 Å². The first-order valence-electron chi connectivity index (χ1n) is 9.14. The van der Waals surface area contributed by atoms with E-state index < -0.39 is 0 Å². The number of benzene rings is 1. The van der Waals surface area contributed by atoms with E-state index >= 15 is 0 Å². The van der Waals surface area contributed by atoms with Gasteiger partial charge in [0.25, 0.3) is 0 Å². The first kappa shape index (κ1) is 17.8. The molecule has 3 aromatic rings. The van der Waals surface area contributed by atoms with Crippen LogP contribution in [0.15, 0.2) is 24.3 Å². The summed E-state index contributed by atoms with van der Waals surface area (Å²) in [7, 11) is 0. The Balaban J connectivity index is 1.84. The van der Waals surface area contributed by atoms with E-state index in [9.17, 15) is 5.11 Å². The smallest absolute Gasteiger partial charge is 0.230 e. The molecule has 1 aromatic carbocycles. The van der Waals surface area contributed by atoms with Gasteiger partial charge in [-0.15, -0.1) is 5.10 Å². The van der Waals surface area contributed by atoms with Crippen LogP contribution in [0.1, 0.15) is 49.0 Å². The number of aromatic hydroxyl groups is 1. The van der Waals surface area contributed by atoms with Gasteiger partial charge in [0, 0.05) is 18.0 Å². The maximum Gasteiger partial charge on any atom is 0.230 e. The lowest BCUT2D eigenvalue weighted by Crippen LogP contribution is -2.37. The second-order valence-electron chi connectivity index (χ2n) is 7.03. The molecule has 1 fully saturated rings. The van der Waals surface area contributed by atoms with Gasteiger partial charge in [-0.3, -0.25) is 4.90 Å². The maximum atomic E-state index is 10.9. The Hall–Kier alpha value is -1.63. The summed E-state index contributed by atoms with van der Waals surface area (Å²) in [6.45, 7) is 6.28. The lowest BCUT2D eigenvalue weighted by molar-refractivity contribution is 0.149. The predicted molar refractivity (Wildman–Crippen MR) is 105 cm³/mol. The molecule has 1 N–H and O–H groups in total. The molecule has 7 heteroatoms. The molecule has 0 amide bonds. The Morgan fingerprint density at radius 3 is 2.88 bits per heavy atom. The fourth-order valence-electron chi connectivity index (χ4n) is 3.78. The Kier molecular flexibility index (Phi) is 4.90. The van der Waals surface area contributed by atoms with Crippen molar-refractivity contribution in [2.75, 3.05) is 13.1 Å². The van der Waals surface area contributed by atoms with Crippen molar-refractivity contribution in [1.29, 1.82) is 0 Å². The zero-order valence-corrected chi connectivity index (χ0v) is 16.6. The topological polar surface area (TPSA) is 53.7 Å². The molecule has 2 atom stereocenters. The minimum atomic E-state index is -0.0787. The minimum absolute atomic E-state index is 0.0787. The van der Waals surface area contributed by atoms with Crippen LogP contribution in [0.25, 0.3) is 4.96 Å². The van der Waals surface area contributed by atoms with Crippen molar-refractivity contribution in [3.63, 3.8) is 0 Å². The van der Waals surface area contributed by atoms with Gasteiger partial charge in [0.2, 0.25) is 10.8 Å². The number of fused-ring (bicyclic) bond motifs is 1. The molecule has 3 heterocycles. The third-order valence-corrected chi connectivity index (χ3v) is 6.48. The van der Waals surface area contributed by atoms with Crippen LogP contribution in [0.4, 0.5) is 0 Å². The van der Waals surface area contributed by atoms with Crippen molar-refractivity contribution in [3.8, 4) is 5.88 Å². The fraction of sp³-hybridized carbons (Fsp3) is 0.474. The summed E-state index contributed by atoms with van der Waals surface area (Å²) in [5.41, 5.74) is 1.03. The van der Waals surface area contributed by atoms with Gasteiger partial charge in [-0.2, -0.15) is 4.52 Å². The first-order chi connectivity index (χ1) is 12.6. The lowest BCUT2D eigenvalue weighted by Gasteiger charge is -2.37. The molecule has 5 nitrogen and oxygen atoms in total. The predicted octanol–water partition coefficient (Wildman–Crippen LogP) is 4.53. The molecule has 0 unspecified atom stereocenters. The standard InChI is InChI=1S/C19H23ClN4OS/c1-3-15-21-19-24(22-15)18(25)17(26-19)16(13-8-4-5-9-14(13)20)23-10-6-7-12(2)11-23/h4-5,8-9,12,16,25H,3,6-7,10-11H2,1-2H3/t12-,16-/m1/s1. The highest BCUT2D eigenvalue weighted by Crippen LogP contribution is 2.43. The normalized spacial score (nSPS) is 19.9. The molecular weight excluding hydrogens is 368 g/mol. The van der Waals surface area contributed by atoms with Gasteiger partial charge in [0.1, 0.15) is 0 Å². The SMILES string of the molecule is CCc1nc2sc([C@@H](c3ccccc3Cl)N3CCC[C@@H](C)C3)c(O)n2n1. The van der Waals surface area contributed by atoms with Crippen LogP contribution in [-0.4, -0.2) is 37.7 Å². The molecule has 0 spiro atoms. The van der Waals surface area contributed by atoms with Crippen molar-refractivity contribution in [2.45, 2.75) is 39.2 Å². The van der Waals surface area contributed by atoms with Crippen LogP contribution in [-0.2, 0) is 6.42 Å². The van der Waals surface area contributed by atoms with Gasteiger partial charge in [-0.05, 0) is 36.9 Å². The monoisotopic (exact) mass is 390 g/mol. The van der Waals surface area contributed by atoms with Crippen molar-refractivity contribution < 1.29 is 5.11 Å². The number of hydrogen-bond acceptors (Lipinski definition) is 5. The molecule has 0 bridgehead atoms. The number of piperidine rings is 1. The molecule has 1 aliphatic heterocycles. The van der Waals surface area contributed by atoms with Crippen LogP contribution in [0, 0.1) is 5.92 Å². The third kappa shape index (κ3) is 3.10. The van der Waals surface area contributed by atoms with E-state index in [1.807, 2.05) is 25.1 Å². The third-order valence-electron chi connectivity index (χ3n) is 5.06. The van der Waals surface area contributed by atoms with Crippen molar-refractivity contribution in [1.82, 2.24) is 19.5 Å². The van der Waals surface area contributed by atoms with Gasteiger partial charge in [0.05, 0.1) is 10.9 Å². The fourth-order valence-corrected chi connectivity index (χ4v) is 5.15. The number of halogens is 1. The second-order valence-corrected chi connectivity index (χ2v) is 8.45. The van der Waals surface area contributed by atoms with E-state index in [1.54, 1.807) is 4.52 Å². The summed E-state index contributed by atoms with van der Waals surface area (Å²) in [5.74, 6) is 1.56. The molecule has 0 saturated carbocycles. The maximum absolute atomic E-state index is 10.9. The van der Waals surface area contributed by atoms with E-state index in [-0.39, 0.29) is 11.9 Å². The van der Waals surface area contributed by atoms with Crippen LogP contribution >= 0.6 is 22.9 Å². The second kappa shape index (κ2) is 7.18. The molecule has 2 aromatic heterocycles. The lowest BCUT2D eigenvalue weighted by atomic mass is 9.95. The molecule has 138 valence electrons. The number of aryl methyl sites for hydroxylation is 1. The van der Waals surface area contributed by atoms with Crippen LogP contribution in [0.5, 0.6) is 5.88 Å². The zero-order valence-electron chi connectivity index (χ0n) is 15.0. The number of thiazole rings is 1. The summed E-state index contributed by atoms with van der Waals surface area (Å²) in [6, 6.07) is 7.84. The molecule has 0 radical (unpaired) electrons. The number of rotatable bonds is 4. The summed E-state index contributed by atoms with van der Waals surface area (Å²) in [6.07, 6.45) is 3.15. The highest BCUT2D eigenvalue weighted by molar-refractivity contribution is 7.17. The number of nitrogens with zero attached hydrogens (tertiary/aromatic N) is 4. The first-order valence-corrected chi connectivity index (χ1v) is 10.3. The Morgan fingerprint density at radius 1 is 1.38 bits per heavy atom. The quantitative estimate of drug-likeness (QED) is 0.710. The molecule has 1 aliphatic rings. The van der Waals surface area contributed by atoms with Crippen LogP contribution in [0.2, 0.25) is 5.02 Å². The summed E-state index contributed by atoms with van der Waals surface area (Å²) in [5, 5.41) is 16.1. The molecule has 0 aliphatic carbocycles. The highest BCUT2D eigenvalue weighted by atomic mass is 35.5. The Morgan fingerprint density at radius 2 is 2.19 bits per heavy atom. The number of aromatic nitrogens is 3. The van der Waals surface area contributed by atoms with Gasteiger partial charge < -0.3 is 5.11 Å². The Labute approximate surface area is 162 Å². The van der Waals surface area contributed by atoms with E-state index in [0.29, 0.717) is 5.92 Å². The number of likely N-dealkylation sites (tertiary alicyclic amines) is 1. The van der Waals surface area contributed by atoms with Crippen LogP contribution in [0.3, 0.4) is 0 Å². The molecular formula is C19H23ClN4OS. The van der Waals surface area contributed by atoms with Crippen molar-refractivity contribution in [3.05, 3.63) is 45.6 Å². The summed E-state index contributed by atoms with van der Waals surface area (Å²) in [4.78, 5) is 8.56. The summed E-state index contributed by atoms with van der Waals surface area (Å²) < 4.78 is 1.57. The van der Waals surface area contributed by atoms with E-state index in [0.717, 1.165) is 52.2 Å². The molecule has 4 rings (SSSR count). The van der Waals surface area contributed by atoms with Crippen molar-refractivity contribution in [2.24, 2.45) is 5.92 Å². The average Bonchev–Trinajstić information content (AvgIpc) is 3.17. The number of hydrogen-bond donors (Lipinski definition) is 1.